The Labute approximate surface area is 299 Å². The van der Waals surface area contributed by atoms with Crippen LogP contribution in [0.15, 0.2) is 30.9 Å². The smallest absolute Gasteiger partial charge is 0.332 e. The summed E-state index contributed by atoms with van der Waals surface area (Å²) in [6, 6.07) is 2.63. The van der Waals surface area contributed by atoms with Gasteiger partial charge in [0, 0.05) is 41.8 Å². The van der Waals surface area contributed by atoms with E-state index in [-0.39, 0.29) is 35.9 Å². The summed E-state index contributed by atoms with van der Waals surface area (Å²) in [5.41, 5.74) is -0.947. The minimum Gasteiger partial charge on any atom is -0.496 e. The number of ether oxygens (including phenoxy) is 3. The predicted octanol–water partition coefficient (Wildman–Crippen LogP) is 4.38. The molecule has 0 unspecified atom stereocenters. The first-order chi connectivity index (χ1) is 24.0. The highest BCUT2D eigenvalue weighted by Crippen LogP contribution is 2.46. The van der Waals surface area contributed by atoms with Gasteiger partial charge in [-0.3, -0.25) is 14.4 Å². The minimum absolute atomic E-state index is 0.00498. The fourth-order valence-electron chi connectivity index (χ4n) is 7.46. The molecule has 2 saturated carbocycles. The highest BCUT2D eigenvalue weighted by atomic mass is 16.5. The van der Waals surface area contributed by atoms with Crippen LogP contribution in [0.3, 0.4) is 0 Å². The molecular weight excluding hydrogens is 654 g/mol. The van der Waals surface area contributed by atoms with E-state index in [2.05, 4.69) is 27.5 Å². The van der Waals surface area contributed by atoms with E-state index in [9.17, 15) is 24.0 Å². The van der Waals surface area contributed by atoms with Crippen LogP contribution in [0.2, 0.25) is 0 Å². The van der Waals surface area contributed by atoms with Crippen molar-refractivity contribution in [2.75, 3.05) is 20.8 Å². The number of likely N-dealkylation sites (tertiary alicyclic amines) is 1. The number of rotatable bonds is 11. The van der Waals surface area contributed by atoms with Crippen LogP contribution in [-0.4, -0.2) is 89.5 Å². The van der Waals surface area contributed by atoms with Gasteiger partial charge < -0.3 is 35.1 Å². The van der Waals surface area contributed by atoms with E-state index in [1.807, 2.05) is 34.6 Å². The molecule has 1 saturated heterocycles. The normalized spacial score (nSPS) is 24.3. The van der Waals surface area contributed by atoms with Gasteiger partial charge in [-0.1, -0.05) is 39.7 Å². The molecule has 2 aromatic rings. The standard InChI is InChI=1S/C38H51N5O8/c1-10-23-19-38(23,34(47)50-9)41-32(45)27-17-24(51-29-18-26(22(3)44)39-30-21(2)28(49-8)14-13-25(29)30)20-43(27)33(46)31(36(4,5)6)40-35(48)42-37(7)15-11-12-16-37/h10,13-14,18,23-24,27,31H,1,11-12,15-17,19-20H2,2-9H3,(H,41,45)(H2,40,42,48)/t23-,24-,27+,31-,38-/m1/s1. The summed E-state index contributed by atoms with van der Waals surface area (Å²) in [4.78, 5) is 73.5. The lowest BCUT2D eigenvalue weighted by molar-refractivity contribution is -0.148. The number of amides is 4. The maximum absolute atomic E-state index is 14.6. The summed E-state index contributed by atoms with van der Waals surface area (Å²) in [6.45, 7) is 14.6. The topological polar surface area (TPSA) is 165 Å². The van der Waals surface area contributed by atoms with E-state index in [0.29, 0.717) is 28.8 Å². The monoisotopic (exact) mass is 705 g/mol. The molecule has 0 radical (unpaired) electrons. The van der Waals surface area contributed by atoms with E-state index in [0.717, 1.165) is 31.2 Å². The molecule has 4 amide bonds. The number of fused-ring (bicyclic) bond motifs is 1. The molecule has 1 aromatic heterocycles. The van der Waals surface area contributed by atoms with Crippen LogP contribution >= 0.6 is 0 Å². The number of nitrogens with zero attached hydrogens (tertiary/aromatic N) is 2. The van der Waals surface area contributed by atoms with Gasteiger partial charge in [-0.15, -0.1) is 6.58 Å². The average Bonchev–Trinajstić information content (AvgIpc) is 3.36. The number of aryl methyl sites for hydroxylation is 1. The summed E-state index contributed by atoms with van der Waals surface area (Å²) in [7, 11) is 2.81. The van der Waals surface area contributed by atoms with Gasteiger partial charge in [0.2, 0.25) is 11.8 Å². The molecule has 13 nitrogen and oxygen atoms in total. The van der Waals surface area contributed by atoms with Crippen molar-refractivity contribution in [2.24, 2.45) is 11.3 Å². The summed E-state index contributed by atoms with van der Waals surface area (Å²) < 4.78 is 17.1. The Kier molecular flexibility index (Phi) is 10.4. The second kappa shape index (κ2) is 14.1. The number of hydrogen-bond acceptors (Lipinski definition) is 9. The van der Waals surface area contributed by atoms with E-state index >= 15 is 0 Å². The second-order valence-corrected chi connectivity index (χ2v) is 15.5. The lowest BCUT2D eigenvalue weighted by Crippen LogP contribution is -2.61. The van der Waals surface area contributed by atoms with Gasteiger partial charge in [0.15, 0.2) is 5.78 Å². The number of Topliss-reactive ketones (excluding diaryl/α,β-unsaturated/α-hetero) is 1. The number of urea groups is 1. The molecule has 1 aliphatic heterocycles. The van der Waals surface area contributed by atoms with E-state index in [4.69, 9.17) is 14.2 Å². The third-order valence-corrected chi connectivity index (χ3v) is 10.6. The van der Waals surface area contributed by atoms with Crippen molar-refractivity contribution in [3.63, 3.8) is 0 Å². The molecule has 0 spiro atoms. The second-order valence-electron chi connectivity index (χ2n) is 15.5. The molecule has 5 rings (SSSR count). The zero-order chi connectivity index (χ0) is 37.5. The van der Waals surface area contributed by atoms with Gasteiger partial charge in [-0.2, -0.15) is 0 Å². The van der Waals surface area contributed by atoms with Crippen molar-refractivity contribution in [1.82, 2.24) is 25.8 Å². The molecule has 0 bridgehead atoms. The van der Waals surface area contributed by atoms with Crippen LogP contribution in [0, 0.1) is 18.3 Å². The number of carbonyl (C=O) groups excluding carboxylic acids is 5. The molecule has 13 heteroatoms. The van der Waals surface area contributed by atoms with Crippen molar-refractivity contribution in [2.45, 2.75) is 109 Å². The first-order valence-corrected chi connectivity index (χ1v) is 17.5. The van der Waals surface area contributed by atoms with E-state index in [1.54, 1.807) is 31.4 Å². The summed E-state index contributed by atoms with van der Waals surface area (Å²) in [5.74, 6) is -1.24. The molecule has 3 N–H and O–H groups in total. The first-order valence-electron chi connectivity index (χ1n) is 17.5. The van der Waals surface area contributed by atoms with Gasteiger partial charge in [-0.05, 0) is 50.7 Å². The average molecular weight is 706 g/mol. The van der Waals surface area contributed by atoms with Gasteiger partial charge in [0.05, 0.1) is 26.3 Å². The summed E-state index contributed by atoms with van der Waals surface area (Å²) >= 11 is 0. The van der Waals surface area contributed by atoms with Crippen molar-refractivity contribution >= 4 is 40.5 Å². The molecular formula is C38H51N5O8. The SMILES string of the molecule is C=C[C@@H]1C[C@]1(NC(=O)[C@@H]1C[C@@H](Oc2cc(C(C)=O)nc3c(C)c(OC)ccc23)CN1C(=O)[C@@H](NC(=O)NC1(C)CCCC1)C(C)(C)C)C(=O)OC. The third-order valence-electron chi connectivity index (χ3n) is 10.6. The van der Waals surface area contributed by atoms with Crippen molar-refractivity contribution in [3.05, 3.63) is 42.1 Å². The van der Waals surface area contributed by atoms with Crippen molar-refractivity contribution in [3.8, 4) is 11.5 Å². The van der Waals surface area contributed by atoms with E-state index in [1.165, 1.54) is 18.9 Å². The molecule has 51 heavy (non-hydrogen) atoms. The van der Waals surface area contributed by atoms with Crippen LogP contribution in [0.5, 0.6) is 11.5 Å². The quantitative estimate of drug-likeness (QED) is 0.175. The molecule has 3 aliphatic rings. The van der Waals surface area contributed by atoms with Gasteiger partial charge >= 0.3 is 12.0 Å². The highest BCUT2D eigenvalue weighted by Gasteiger charge is 2.62. The number of methoxy groups -OCH3 is 2. The fourth-order valence-corrected chi connectivity index (χ4v) is 7.46. The fraction of sp³-hybridized carbons (Fsp3) is 0.579. The molecule has 3 fully saturated rings. The number of ketones is 1. The minimum atomic E-state index is -1.28. The van der Waals surface area contributed by atoms with Crippen LogP contribution in [0.1, 0.15) is 89.2 Å². The first kappa shape index (κ1) is 37.6. The Hall–Kier alpha value is -4.68. The van der Waals surface area contributed by atoms with Crippen LogP contribution in [-0.2, 0) is 19.1 Å². The zero-order valence-corrected chi connectivity index (χ0v) is 30.9. The number of hydrogen-bond donors (Lipinski definition) is 3. The number of carbonyl (C=O) groups is 5. The Balaban J connectivity index is 1.49. The molecule has 1 aromatic carbocycles. The molecule has 276 valence electrons. The number of nitrogens with one attached hydrogen (secondary N) is 3. The van der Waals surface area contributed by atoms with Crippen LogP contribution < -0.4 is 25.4 Å². The Morgan fingerprint density at radius 1 is 1.08 bits per heavy atom. The Morgan fingerprint density at radius 3 is 2.33 bits per heavy atom. The van der Waals surface area contributed by atoms with Crippen LogP contribution in [0.25, 0.3) is 10.9 Å². The van der Waals surface area contributed by atoms with Gasteiger partial charge in [-0.25, -0.2) is 14.6 Å². The van der Waals surface area contributed by atoms with Crippen molar-refractivity contribution < 1.29 is 38.2 Å². The summed E-state index contributed by atoms with van der Waals surface area (Å²) in [5, 5.41) is 9.49. The number of aromatic nitrogens is 1. The lowest BCUT2D eigenvalue weighted by Gasteiger charge is -2.36. The highest BCUT2D eigenvalue weighted by molar-refractivity contribution is 5.99. The molecule has 2 heterocycles. The largest absolute Gasteiger partial charge is 0.496 e. The van der Waals surface area contributed by atoms with Crippen molar-refractivity contribution in [1.29, 1.82) is 0 Å². The maximum atomic E-state index is 14.6. The maximum Gasteiger partial charge on any atom is 0.332 e. The Morgan fingerprint density at radius 2 is 1.76 bits per heavy atom. The summed E-state index contributed by atoms with van der Waals surface area (Å²) in [6.07, 6.45) is 5.00. The lowest BCUT2D eigenvalue weighted by atomic mass is 9.85. The zero-order valence-electron chi connectivity index (χ0n) is 30.9. The number of pyridine rings is 1. The third kappa shape index (κ3) is 7.52. The van der Waals surface area contributed by atoms with Gasteiger partial charge in [0.25, 0.3) is 0 Å². The predicted molar refractivity (Wildman–Crippen MR) is 191 cm³/mol. The van der Waals surface area contributed by atoms with Crippen LogP contribution in [0.4, 0.5) is 4.79 Å². The van der Waals surface area contributed by atoms with E-state index < -0.39 is 53.0 Å². The molecule has 2 aliphatic carbocycles. The van der Waals surface area contributed by atoms with Gasteiger partial charge in [0.1, 0.15) is 40.9 Å². The number of benzene rings is 1. The number of esters is 1. The Bertz CT molecular complexity index is 1750. The molecule has 5 atom stereocenters.